The second-order valence-electron chi connectivity index (χ2n) is 7.38. The summed E-state index contributed by atoms with van der Waals surface area (Å²) in [6.07, 6.45) is 1.69. The van der Waals surface area contributed by atoms with E-state index in [1.807, 2.05) is 73.6 Å². The first-order valence-electron chi connectivity index (χ1n) is 9.97. The molecule has 3 aromatic rings. The Labute approximate surface area is 191 Å². The van der Waals surface area contributed by atoms with Gasteiger partial charge < -0.3 is 4.90 Å². The second-order valence-corrected chi connectivity index (χ2v) is 7.79. The van der Waals surface area contributed by atoms with Crippen LogP contribution in [0.2, 0.25) is 5.02 Å². The number of nitrogens with one attached hydrogen (secondary N) is 1. The Morgan fingerprint density at radius 1 is 0.969 bits per heavy atom. The maximum Gasteiger partial charge on any atom is 0.288 e. The van der Waals surface area contributed by atoms with Crippen molar-refractivity contribution in [1.29, 1.82) is 0 Å². The van der Waals surface area contributed by atoms with Gasteiger partial charge in [0, 0.05) is 25.3 Å². The molecule has 0 bridgehead atoms. The van der Waals surface area contributed by atoms with Gasteiger partial charge in [0.1, 0.15) is 5.70 Å². The van der Waals surface area contributed by atoms with E-state index in [0.717, 1.165) is 16.3 Å². The predicted octanol–water partition coefficient (Wildman–Crippen LogP) is 4.38. The summed E-state index contributed by atoms with van der Waals surface area (Å²) in [7, 11) is 3.92. The van der Waals surface area contributed by atoms with E-state index in [4.69, 9.17) is 11.6 Å². The normalized spacial score (nSPS) is 14.7. The van der Waals surface area contributed by atoms with Crippen molar-refractivity contribution in [3.63, 3.8) is 0 Å². The molecule has 6 nitrogen and oxygen atoms in total. The van der Waals surface area contributed by atoms with Crippen molar-refractivity contribution in [3.8, 4) is 0 Å². The third kappa shape index (κ3) is 4.40. The molecule has 1 aliphatic rings. The van der Waals surface area contributed by atoms with Gasteiger partial charge >= 0.3 is 0 Å². The number of aliphatic imine (C=N–C) groups is 1. The van der Waals surface area contributed by atoms with Gasteiger partial charge in [-0.15, -0.1) is 0 Å². The summed E-state index contributed by atoms with van der Waals surface area (Å²) < 4.78 is 0. The maximum atomic E-state index is 13.2. The van der Waals surface area contributed by atoms with Crippen molar-refractivity contribution in [2.75, 3.05) is 19.0 Å². The van der Waals surface area contributed by atoms with Crippen LogP contribution in [0.3, 0.4) is 0 Å². The zero-order valence-corrected chi connectivity index (χ0v) is 18.4. The minimum atomic E-state index is -0.484. The molecule has 0 unspecified atom stereocenters. The first-order chi connectivity index (χ1) is 15.4. The molecule has 0 fully saturated rings. The Morgan fingerprint density at radius 3 is 2.28 bits per heavy atom. The minimum absolute atomic E-state index is 0.199. The van der Waals surface area contributed by atoms with Crippen LogP contribution in [0.5, 0.6) is 0 Å². The molecule has 1 N–H and O–H groups in total. The van der Waals surface area contributed by atoms with E-state index < -0.39 is 11.8 Å². The van der Waals surface area contributed by atoms with Crippen molar-refractivity contribution >= 4 is 41.0 Å². The summed E-state index contributed by atoms with van der Waals surface area (Å²) in [5.41, 5.74) is 5.69. The van der Waals surface area contributed by atoms with Crippen LogP contribution in [0.1, 0.15) is 21.5 Å². The van der Waals surface area contributed by atoms with Crippen molar-refractivity contribution in [1.82, 2.24) is 10.4 Å². The van der Waals surface area contributed by atoms with E-state index in [9.17, 15) is 9.59 Å². The van der Waals surface area contributed by atoms with Crippen LogP contribution in [-0.4, -0.2) is 36.8 Å². The van der Waals surface area contributed by atoms with Gasteiger partial charge in [-0.1, -0.05) is 66.2 Å². The summed E-state index contributed by atoms with van der Waals surface area (Å²) in [6.45, 7) is 0. The molecule has 0 saturated heterocycles. The number of hydrogen-bond acceptors (Lipinski definition) is 4. The number of halogens is 1. The average Bonchev–Trinajstić information content (AvgIpc) is 2.81. The van der Waals surface area contributed by atoms with Crippen LogP contribution >= 0.6 is 11.6 Å². The standard InChI is InChI=1S/C25H21ClN4O2/c1-29(2)19-14-12-17(13-15-19)16-22-24(31)28-30(23(27-22)18-8-4-3-5-9-18)25(32)20-10-6-7-11-21(20)26/h3-16H,1-2H3,(H,28,31)/b22-16+. The summed E-state index contributed by atoms with van der Waals surface area (Å²) in [4.78, 5) is 32.7. The fraction of sp³-hybridized carbons (Fsp3) is 0.0800. The summed E-state index contributed by atoms with van der Waals surface area (Å²) in [5, 5.41) is 1.44. The Hall–Kier alpha value is -3.90. The highest BCUT2D eigenvalue weighted by Gasteiger charge is 2.31. The first kappa shape index (κ1) is 21.3. The Morgan fingerprint density at radius 2 is 1.62 bits per heavy atom. The molecule has 0 saturated carbocycles. The van der Waals surface area contributed by atoms with E-state index in [0.29, 0.717) is 16.4 Å². The quantitative estimate of drug-likeness (QED) is 0.607. The molecule has 32 heavy (non-hydrogen) atoms. The lowest BCUT2D eigenvalue weighted by atomic mass is 10.1. The smallest absolute Gasteiger partial charge is 0.288 e. The molecule has 7 heteroatoms. The minimum Gasteiger partial charge on any atom is -0.378 e. The molecule has 0 aliphatic carbocycles. The average molecular weight is 445 g/mol. The number of carbonyl (C=O) groups is 2. The van der Waals surface area contributed by atoms with Crippen LogP contribution < -0.4 is 10.3 Å². The number of anilines is 1. The van der Waals surface area contributed by atoms with E-state index >= 15 is 0 Å². The van der Waals surface area contributed by atoms with Crippen LogP contribution in [-0.2, 0) is 4.79 Å². The number of nitrogens with zero attached hydrogens (tertiary/aromatic N) is 3. The molecule has 1 aliphatic heterocycles. The fourth-order valence-corrected chi connectivity index (χ4v) is 3.45. The lowest BCUT2D eigenvalue weighted by molar-refractivity contribution is -0.120. The Kier molecular flexibility index (Phi) is 6.05. The molecule has 2 amide bonds. The van der Waals surface area contributed by atoms with E-state index in [2.05, 4.69) is 10.4 Å². The first-order valence-corrected chi connectivity index (χ1v) is 10.3. The Balaban J connectivity index is 1.77. The van der Waals surface area contributed by atoms with Gasteiger partial charge in [0.2, 0.25) is 0 Å². The predicted molar refractivity (Wildman–Crippen MR) is 127 cm³/mol. The lowest BCUT2D eigenvalue weighted by Crippen LogP contribution is -2.53. The van der Waals surface area contributed by atoms with Gasteiger partial charge in [-0.25, -0.2) is 4.99 Å². The van der Waals surface area contributed by atoms with Crippen LogP contribution in [0.4, 0.5) is 5.69 Å². The van der Waals surface area contributed by atoms with E-state index in [1.165, 1.54) is 0 Å². The molecular weight excluding hydrogens is 424 g/mol. The molecule has 3 aromatic carbocycles. The molecular formula is C25H21ClN4O2. The van der Waals surface area contributed by atoms with Gasteiger partial charge in [0.25, 0.3) is 11.8 Å². The fourth-order valence-electron chi connectivity index (χ4n) is 3.23. The zero-order chi connectivity index (χ0) is 22.7. The topological polar surface area (TPSA) is 65.0 Å². The molecule has 0 radical (unpaired) electrons. The maximum absolute atomic E-state index is 13.2. The highest BCUT2D eigenvalue weighted by atomic mass is 35.5. The van der Waals surface area contributed by atoms with Crippen molar-refractivity contribution in [3.05, 3.63) is 106 Å². The number of benzene rings is 3. The molecule has 0 aromatic heterocycles. The van der Waals surface area contributed by atoms with Gasteiger partial charge in [-0.2, -0.15) is 5.01 Å². The second kappa shape index (κ2) is 9.08. The van der Waals surface area contributed by atoms with Gasteiger partial charge in [-0.3, -0.25) is 15.0 Å². The molecule has 1 heterocycles. The number of hydrazine groups is 1. The third-order valence-electron chi connectivity index (χ3n) is 4.94. The van der Waals surface area contributed by atoms with Gasteiger partial charge in [0.05, 0.1) is 10.6 Å². The number of carbonyl (C=O) groups excluding carboxylic acids is 2. The van der Waals surface area contributed by atoms with Crippen LogP contribution in [0, 0.1) is 0 Å². The highest BCUT2D eigenvalue weighted by molar-refractivity contribution is 6.34. The van der Waals surface area contributed by atoms with Gasteiger partial charge in [-0.05, 0) is 35.9 Å². The largest absolute Gasteiger partial charge is 0.378 e. The number of amidine groups is 1. The van der Waals surface area contributed by atoms with Crippen LogP contribution in [0.15, 0.2) is 89.6 Å². The molecule has 4 rings (SSSR count). The van der Waals surface area contributed by atoms with Crippen molar-refractivity contribution in [2.24, 2.45) is 4.99 Å². The number of amides is 2. The van der Waals surface area contributed by atoms with Crippen LogP contribution in [0.25, 0.3) is 6.08 Å². The summed E-state index contributed by atoms with van der Waals surface area (Å²) in [5.74, 6) is -0.644. The SMILES string of the molecule is CN(C)c1ccc(/C=C2/N=C(c3ccccc3)N(C(=O)c3ccccc3Cl)NC2=O)cc1. The monoisotopic (exact) mass is 444 g/mol. The van der Waals surface area contributed by atoms with E-state index in [-0.39, 0.29) is 11.3 Å². The Bertz CT molecular complexity index is 1220. The molecule has 0 atom stereocenters. The van der Waals surface area contributed by atoms with Crippen molar-refractivity contribution in [2.45, 2.75) is 0 Å². The highest BCUT2D eigenvalue weighted by Crippen LogP contribution is 2.22. The lowest BCUT2D eigenvalue weighted by Gasteiger charge is -2.29. The third-order valence-corrected chi connectivity index (χ3v) is 5.27. The number of rotatable bonds is 4. The zero-order valence-electron chi connectivity index (χ0n) is 17.6. The summed E-state index contributed by atoms with van der Waals surface area (Å²) in [6, 6.07) is 23.6. The van der Waals surface area contributed by atoms with Crippen molar-refractivity contribution < 1.29 is 9.59 Å². The summed E-state index contributed by atoms with van der Waals surface area (Å²) >= 11 is 6.22. The molecule has 0 spiro atoms. The van der Waals surface area contributed by atoms with E-state index in [1.54, 1.807) is 30.3 Å². The number of hydrogen-bond donors (Lipinski definition) is 1. The molecule has 160 valence electrons. The van der Waals surface area contributed by atoms with Gasteiger partial charge in [0.15, 0.2) is 5.84 Å².